The van der Waals surface area contributed by atoms with Gasteiger partial charge in [0.1, 0.15) is 0 Å². The van der Waals surface area contributed by atoms with Crippen LogP contribution in [0.2, 0.25) is 0 Å². The number of aromatic nitrogens is 2. The predicted molar refractivity (Wildman–Crippen MR) is 71.5 cm³/mol. The normalized spacial score (nSPS) is 21.9. The molecule has 2 atom stereocenters. The Bertz CT molecular complexity index is 412. The van der Waals surface area contributed by atoms with E-state index in [4.69, 9.17) is 0 Å². The van der Waals surface area contributed by atoms with Gasteiger partial charge < -0.3 is 5.11 Å². The lowest BCUT2D eigenvalue weighted by Gasteiger charge is -2.35. The molecule has 104 valence electrons. The van der Waals surface area contributed by atoms with Crippen molar-refractivity contribution in [2.45, 2.75) is 25.8 Å². The Morgan fingerprint density at radius 1 is 1.58 bits per heavy atom. The number of aliphatic hydroxyl groups excluding tert-OH is 1. The van der Waals surface area contributed by atoms with Crippen LogP contribution >= 0.6 is 0 Å². The van der Waals surface area contributed by atoms with E-state index in [0.717, 1.165) is 25.9 Å². The van der Waals surface area contributed by atoms with Gasteiger partial charge in [0.25, 0.3) is 0 Å². The number of aliphatic hydroxyl groups is 1. The third-order valence-electron chi connectivity index (χ3n) is 3.54. The molecule has 1 aromatic heterocycles. The lowest BCUT2D eigenvalue weighted by atomic mass is 9.97. The van der Waals surface area contributed by atoms with Crippen LogP contribution in [0.5, 0.6) is 0 Å². The summed E-state index contributed by atoms with van der Waals surface area (Å²) in [7, 11) is 0. The van der Waals surface area contributed by atoms with E-state index in [9.17, 15) is 9.90 Å². The van der Waals surface area contributed by atoms with Crippen LogP contribution in [0, 0.1) is 5.92 Å². The third kappa shape index (κ3) is 3.71. The topological polar surface area (TPSA) is 78.4 Å². The molecule has 1 fully saturated rings. The van der Waals surface area contributed by atoms with Crippen molar-refractivity contribution in [3.05, 3.63) is 18.5 Å². The van der Waals surface area contributed by atoms with E-state index < -0.39 is 0 Å². The standard InChI is InChI=1S/C13H20N4O2/c1-10(17-7-2-4-11(8-17)9-18)12(19)16-13-14-5-3-6-15-13/h3,5-6,10-11,18H,2,4,7-9H2,1H3,(H,14,15,16,19). The van der Waals surface area contributed by atoms with Crippen LogP contribution in [-0.4, -0.2) is 51.6 Å². The van der Waals surface area contributed by atoms with Crippen LogP contribution in [-0.2, 0) is 4.79 Å². The van der Waals surface area contributed by atoms with Gasteiger partial charge in [0.05, 0.1) is 6.04 Å². The molecule has 0 saturated carbocycles. The number of nitrogens with one attached hydrogen (secondary N) is 1. The first kappa shape index (κ1) is 13.9. The van der Waals surface area contributed by atoms with Crippen molar-refractivity contribution in [2.24, 2.45) is 5.92 Å². The number of hydrogen-bond acceptors (Lipinski definition) is 5. The molecule has 6 nitrogen and oxygen atoms in total. The SMILES string of the molecule is CC(C(=O)Nc1ncccn1)N1CCCC(CO)C1. The Labute approximate surface area is 112 Å². The number of hydrogen-bond donors (Lipinski definition) is 2. The van der Waals surface area contributed by atoms with Crippen molar-refractivity contribution < 1.29 is 9.90 Å². The molecule has 2 rings (SSSR count). The minimum atomic E-state index is -0.238. The summed E-state index contributed by atoms with van der Waals surface area (Å²) >= 11 is 0. The van der Waals surface area contributed by atoms with Gasteiger partial charge in [-0.2, -0.15) is 0 Å². The van der Waals surface area contributed by atoms with Gasteiger partial charge in [-0.05, 0) is 38.3 Å². The Morgan fingerprint density at radius 2 is 2.32 bits per heavy atom. The number of nitrogens with zero attached hydrogens (tertiary/aromatic N) is 3. The summed E-state index contributed by atoms with van der Waals surface area (Å²) in [6.45, 7) is 3.71. The molecule has 1 aliphatic heterocycles. The summed E-state index contributed by atoms with van der Waals surface area (Å²) in [5.41, 5.74) is 0. The fraction of sp³-hybridized carbons (Fsp3) is 0.615. The minimum absolute atomic E-state index is 0.107. The number of amides is 1. The summed E-state index contributed by atoms with van der Waals surface area (Å²) in [5.74, 6) is 0.497. The minimum Gasteiger partial charge on any atom is -0.396 e. The van der Waals surface area contributed by atoms with E-state index >= 15 is 0 Å². The Kier molecular flexibility index (Phi) is 4.81. The van der Waals surface area contributed by atoms with Gasteiger partial charge in [0, 0.05) is 25.5 Å². The second-order valence-electron chi connectivity index (χ2n) is 4.92. The summed E-state index contributed by atoms with van der Waals surface area (Å²) in [6, 6.07) is 1.47. The first-order chi connectivity index (χ1) is 9.20. The summed E-state index contributed by atoms with van der Waals surface area (Å²) in [5, 5.41) is 11.9. The van der Waals surface area contributed by atoms with Gasteiger partial charge in [-0.3, -0.25) is 15.0 Å². The van der Waals surface area contributed by atoms with Crippen LogP contribution in [0.15, 0.2) is 18.5 Å². The quantitative estimate of drug-likeness (QED) is 0.828. The molecule has 0 aromatic carbocycles. The molecule has 6 heteroatoms. The van der Waals surface area contributed by atoms with Crippen molar-refractivity contribution in [3.63, 3.8) is 0 Å². The van der Waals surface area contributed by atoms with Crippen LogP contribution in [0.25, 0.3) is 0 Å². The number of anilines is 1. The zero-order chi connectivity index (χ0) is 13.7. The molecule has 0 spiro atoms. The fourth-order valence-corrected chi connectivity index (χ4v) is 2.34. The highest BCUT2D eigenvalue weighted by Crippen LogP contribution is 2.18. The zero-order valence-corrected chi connectivity index (χ0v) is 11.1. The average molecular weight is 264 g/mol. The van der Waals surface area contributed by atoms with Gasteiger partial charge in [0.15, 0.2) is 0 Å². The van der Waals surface area contributed by atoms with Crippen LogP contribution < -0.4 is 5.32 Å². The number of rotatable bonds is 4. The molecular formula is C13H20N4O2. The van der Waals surface area contributed by atoms with E-state index in [1.165, 1.54) is 0 Å². The van der Waals surface area contributed by atoms with Crippen LogP contribution in [0.4, 0.5) is 5.95 Å². The Balaban J connectivity index is 1.91. The van der Waals surface area contributed by atoms with Crippen LogP contribution in [0.1, 0.15) is 19.8 Å². The smallest absolute Gasteiger partial charge is 0.243 e. The van der Waals surface area contributed by atoms with E-state index in [1.54, 1.807) is 18.5 Å². The Morgan fingerprint density at radius 3 is 3.00 bits per heavy atom. The molecule has 19 heavy (non-hydrogen) atoms. The van der Waals surface area contributed by atoms with E-state index in [2.05, 4.69) is 20.2 Å². The van der Waals surface area contributed by atoms with Gasteiger partial charge in [-0.15, -0.1) is 0 Å². The monoisotopic (exact) mass is 264 g/mol. The second-order valence-corrected chi connectivity index (χ2v) is 4.92. The first-order valence-electron chi connectivity index (χ1n) is 6.63. The highest BCUT2D eigenvalue weighted by Gasteiger charge is 2.27. The molecular weight excluding hydrogens is 244 g/mol. The number of carbonyl (C=O) groups is 1. The largest absolute Gasteiger partial charge is 0.396 e. The number of carbonyl (C=O) groups excluding carboxylic acids is 1. The molecule has 0 bridgehead atoms. The van der Waals surface area contributed by atoms with E-state index in [-0.39, 0.29) is 24.5 Å². The average Bonchev–Trinajstić information content (AvgIpc) is 2.47. The van der Waals surface area contributed by atoms with Crippen molar-refractivity contribution in [1.82, 2.24) is 14.9 Å². The van der Waals surface area contributed by atoms with Crippen molar-refractivity contribution >= 4 is 11.9 Å². The molecule has 1 aromatic rings. The zero-order valence-electron chi connectivity index (χ0n) is 11.1. The molecule has 0 aliphatic carbocycles. The molecule has 2 N–H and O–H groups in total. The number of piperidine rings is 1. The lowest BCUT2D eigenvalue weighted by Crippen LogP contribution is -2.47. The van der Waals surface area contributed by atoms with Gasteiger partial charge in [0.2, 0.25) is 11.9 Å². The molecule has 1 saturated heterocycles. The Hall–Kier alpha value is -1.53. The second kappa shape index (κ2) is 6.58. The maximum atomic E-state index is 12.1. The first-order valence-corrected chi connectivity index (χ1v) is 6.63. The fourth-order valence-electron chi connectivity index (χ4n) is 2.34. The van der Waals surface area contributed by atoms with Crippen LogP contribution in [0.3, 0.4) is 0 Å². The maximum absolute atomic E-state index is 12.1. The van der Waals surface area contributed by atoms with E-state index in [0.29, 0.717) is 5.95 Å². The molecule has 2 heterocycles. The maximum Gasteiger partial charge on any atom is 0.243 e. The predicted octanol–water partition coefficient (Wildman–Crippen LogP) is 0.508. The molecule has 2 unspecified atom stereocenters. The summed E-state index contributed by atoms with van der Waals surface area (Å²) < 4.78 is 0. The van der Waals surface area contributed by atoms with Gasteiger partial charge in [-0.25, -0.2) is 9.97 Å². The van der Waals surface area contributed by atoms with Gasteiger partial charge >= 0.3 is 0 Å². The molecule has 1 amide bonds. The van der Waals surface area contributed by atoms with E-state index in [1.807, 2.05) is 6.92 Å². The molecule has 1 aliphatic rings. The number of likely N-dealkylation sites (tertiary alicyclic amines) is 1. The molecule has 0 radical (unpaired) electrons. The third-order valence-corrected chi connectivity index (χ3v) is 3.54. The summed E-state index contributed by atoms with van der Waals surface area (Å²) in [6.07, 6.45) is 5.24. The highest BCUT2D eigenvalue weighted by molar-refractivity contribution is 5.93. The summed E-state index contributed by atoms with van der Waals surface area (Å²) in [4.78, 5) is 22.2. The van der Waals surface area contributed by atoms with Crippen molar-refractivity contribution in [1.29, 1.82) is 0 Å². The van der Waals surface area contributed by atoms with Crippen molar-refractivity contribution in [3.8, 4) is 0 Å². The lowest BCUT2D eigenvalue weighted by molar-refractivity contribution is -0.121. The highest BCUT2D eigenvalue weighted by atomic mass is 16.3. The van der Waals surface area contributed by atoms with Crippen molar-refractivity contribution in [2.75, 3.05) is 25.0 Å². The van der Waals surface area contributed by atoms with Gasteiger partial charge in [-0.1, -0.05) is 0 Å².